The van der Waals surface area contributed by atoms with Crippen LogP contribution in [0.4, 0.5) is 14.5 Å². The van der Waals surface area contributed by atoms with Gasteiger partial charge in [-0.15, -0.1) is 0 Å². The predicted molar refractivity (Wildman–Crippen MR) is 132 cm³/mol. The lowest BCUT2D eigenvalue weighted by Gasteiger charge is -2.24. The Kier molecular flexibility index (Phi) is 8.45. The maximum Gasteiger partial charge on any atom is 0.225 e. The predicted octanol–water partition coefficient (Wildman–Crippen LogP) is 5.06. The van der Waals surface area contributed by atoms with Crippen molar-refractivity contribution in [1.82, 2.24) is 5.32 Å². The lowest BCUT2D eigenvalue weighted by atomic mass is 9.88. The largest absolute Gasteiger partial charge is 0.497 e. The molecule has 1 aliphatic heterocycles. The molecule has 3 aromatic carbocycles. The van der Waals surface area contributed by atoms with Gasteiger partial charge in [0, 0.05) is 36.7 Å². The van der Waals surface area contributed by atoms with Gasteiger partial charge in [0.05, 0.1) is 19.8 Å². The average molecular weight is 481 g/mol. The molecule has 1 saturated heterocycles. The van der Waals surface area contributed by atoms with E-state index in [4.69, 9.17) is 9.47 Å². The molecule has 1 heterocycles. The van der Waals surface area contributed by atoms with Crippen LogP contribution in [0.1, 0.15) is 35.4 Å². The lowest BCUT2D eigenvalue weighted by Crippen LogP contribution is -2.38. The third-order valence-electron chi connectivity index (χ3n) is 6.29. The molecule has 2 atom stereocenters. The van der Waals surface area contributed by atoms with Crippen LogP contribution >= 0.6 is 0 Å². The highest BCUT2D eigenvalue weighted by Crippen LogP contribution is 2.31. The van der Waals surface area contributed by atoms with Crippen molar-refractivity contribution in [2.45, 2.75) is 31.3 Å². The van der Waals surface area contributed by atoms with E-state index in [1.54, 1.807) is 31.4 Å². The summed E-state index contributed by atoms with van der Waals surface area (Å²) in [6, 6.07) is 18.3. The number of benzene rings is 3. The SMILES string of the molecule is COc1ccc([C@H](CC(=O)Nc2cccc(F)c2CC[C@@H]2CNCCO2)c2ccc(F)cc2)cc1. The Hall–Kier alpha value is -3.29. The summed E-state index contributed by atoms with van der Waals surface area (Å²) in [4.78, 5) is 13.2. The van der Waals surface area contributed by atoms with E-state index in [0.717, 1.165) is 24.2 Å². The first kappa shape index (κ1) is 24.8. The van der Waals surface area contributed by atoms with E-state index >= 15 is 0 Å². The smallest absolute Gasteiger partial charge is 0.225 e. The Labute approximate surface area is 204 Å². The Morgan fingerprint density at radius 3 is 2.46 bits per heavy atom. The molecule has 0 aromatic heterocycles. The minimum atomic E-state index is -0.350. The molecule has 3 aromatic rings. The lowest BCUT2D eigenvalue weighted by molar-refractivity contribution is -0.116. The van der Waals surface area contributed by atoms with Crippen molar-refractivity contribution in [3.63, 3.8) is 0 Å². The zero-order valence-electron chi connectivity index (χ0n) is 19.7. The first-order valence-electron chi connectivity index (χ1n) is 11.8. The Bertz CT molecular complexity index is 1110. The molecule has 1 amide bonds. The van der Waals surface area contributed by atoms with Crippen LogP contribution in [-0.2, 0) is 16.0 Å². The number of hydrogen-bond acceptors (Lipinski definition) is 4. The Morgan fingerprint density at radius 2 is 1.80 bits per heavy atom. The maximum atomic E-state index is 14.7. The van der Waals surface area contributed by atoms with Crippen LogP contribution in [0.5, 0.6) is 5.75 Å². The van der Waals surface area contributed by atoms with Crippen LogP contribution < -0.4 is 15.4 Å². The van der Waals surface area contributed by atoms with E-state index in [2.05, 4.69) is 10.6 Å². The molecule has 5 nitrogen and oxygen atoms in total. The first-order chi connectivity index (χ1) is 17.0. The third kappa shape index (κ3) is 6.65. The van der Waals surface area contributed by atoms with Crippen molar-refractivity contribution in [2.75, 3.05) is 32.1 Å². The second-order valence-corrected chi connectivity index (χ2v) is 8.63. The molecule has 0 spiro atoms. The third-order valence-corrected chi connectivity index (χ3v) is 6.29. The molecule has 0 saturated carbocycles. The van der Waals surface area contributed by atoms with Gasteiger partial charge in [-0.2, -0.15) is 0 Å². The minimum Gasteiger partial charge on any atom is -0.497 e. The van der Waals surface area contributed by atoms with Crippen LogP contribution in [0.25, 0.3) is 0 Å². The van der Waals surface area contributed by atoms with Crippen molar-refractivity contribution in [2.24, 2.45) is 0 Å². The quantitative estimate of drug-likeness (QED) is 0.450. The van der Waals surface area contributed by atoms with Crippen molar-refractivity contribution >= 4 is 11.6 Å². The zero-order valence-corrected chi connectivity index (χ0v) is 19.7. The summed E-state index contributed by atoms with van der Waals surface area (Å²) in [6.07, 6.45) is 1.24. The van der Waals surface area contributed by atoms with E-state index in [1.807, 2.05) is 24.3 Å². The number of methoxy groups -OCH3 is 1. The van der Waals surface area contributed by atoms with Gasteiger partial charge in [-0.1, -0.05) is 30.3 Å². The van der Waals surface area contributed by atoms with Gasteiger partial charge in [0.15, 0.2) is 0 Å². The number of carbonyl (C=O) groups excluding carboxylic acids is 1. The number of halogens is 2. The second kappa shape index (κ2) is 11.9. The number of rotatable bonds is 9. The summed E-state index contributed by atoms with van der Waals surface area (Å²) < 4.78 is 39.2. The summed E-state index contributed by atoms with van der Waals surface area (Å²) in [5.74, 6) is -0.541. The Balaban J connectivity index is 1.51. The fourth-order valence-corrected chi connectivity index (χ4v) is 4.39. The van der Waals surface area contributed by atoms with Crippen molar-refractivity contribution in [1.29, 1.82) is 0 Å². The first-order valence-corrected chi connectivity index (χ1v) is 11.8. The van der Waals surface area contributed by atoms with Gasteiger partial charge in [-0.05, 0) is 60.4 Å². The number of morpholine rings is 1. The van der Waals surface area contributed by atoms with Crippen LogP contribution in [0.15, 0.2) is 66.7 Å². The number of amides is 1. The topological polar surface area (TPSA) is 59.6 Å². The van der Waals surface area contributed by atoms with Crippen molar-refractivity contribution in [3.8, 4) is 5.75 Å². The summed E-state index contributed by atoms with van der Waals surface area (Å²) in [5.41, 5.74) is 2.64. The van der Waals surface area contributed by atoms with Gasteiger partial charge in [-0.3, -0.25) is 4.79 Å². The number of nitrogens with one attached hydrogen (secondary N) is 2. The molecule has 184 valence electrons. The van der Waals surface area contributed by atoms with Gasteiger partial charge >= 0.3 is 0 Å². The Morgan fingerprint density at radius 1 is 1.09 bits per heavy atom. The molecular weight excluding hydrogens is 450 g/mol. The average Bonchev–Trinajstić information content (AvgIpc) is 2.88. The van der Waals surface area contributed by atoms with E-state index < -0.39 is 0 Å². The monoisotopic (exact) mass is 480 g/mol. The summed E-state index contributed by atoms with van der Waals surface area (Å²) in [7, 11) is 1.59. The van der Waals surface area contributed by atoms with Crippen LogP contribution in [0, 0.1) is 11.6 Å². The summed E-state index contributed by atoms with van der Waals surface area (Å²) in [6.45, 7) is 2.19. The molecule has 1 fully saturated rings. The molecule has 0 unspecified atom stereocenters. The molecule has 0 bridgehead atoms. The van der Waals surface area contributed by atoms with Crippen LogP contribution in [0.2, 0.25) is 0 Å². The fourth-order valence-electron chi connectivity index (χ4n) is 4.39. The van der Waals surface area contributed by atoms with E-state index in [-0.39, 0.29) is 36.0 Å². The molecular formula is C28H30F2N2O3. The van der Waals surface area contributed by atoms with Gasteiger partial charge in [0.25, 0.3) is 0 Å². The van der Waals surface area contributed by atoms with Gasteiger partial charge < -0.3 is 20.1 Å². The van der Waals surface area contributed by atoms with E-state index in [0.29, 0.717) is 36.4 Å². The molecule has 0 radical (unpaired) electrons. The fraction of sp³-hybridized carbons (Fsp3) is 0.321. The molecule has 7 heteroatoms. The number of carbonyl (C=O) groups is 1. The summed E-state index contributed by atoms with van der Waals surface area (Å²) in [5, 5.41) is 6.18. The highest BCUT2D eigenvalue weighted by molar-refractivity contribution is 5.92. The van der Waals surface area contributed by atoms with Crippen LogP contribution in [-0.4, -0.2) is 38.8 Å². The summed E-state index contributed by atoms with van der Waals surface area (Å²) >= 11 is 0. The molecule has 4 rings (SSSR count). The van der Waals surface area contributed by atoms with Crippen molar-refractivity contribution in [3.05, 3.63) is 95.1 Å². The van der Waals surface area contributed by atoms with Crippen LogP contribution in [0.3, 0.4) is 0 Å². The van der Waals surface area contributed by atoms with E-state index in [1.165, 1.54) is 18.2 Å². The van der Waals surface area contributed by atoms with Gasteiger partial charge in [0.2, 0.25) is 5.91 Å². The standard InChI is InChI=1S/C28H30F2N2O3/c1-34-22-11-7-20(8-12-22)25(19-5-9-21(29)10-6-19)17-28(33)32-27-4-2-3-26(30)24(27)14-13-23-18-31-15-16-35-23/h2-12,23,25,31H,13-18H2,1H3,(H,32,33)/t23-,25-/m1/s1. The number of ether oxygens (including phenoxy) is 2. The van der Waals surface area contributed by atoms with Gasteiger partial charge in [-0.25, -0.2) is 8.78 Å². The normalized spacial score (nSPS) is 16.5. The molecule has 0 aliphatic carbocycles. The number of anilines is 1. The van der Waals surface area contributed by atoms with E-state index in [9.17, 15) is 13.6 Å². The second-order valence-electron chi connectivity index (χ2n) is 8.63. The van der Waals surface area contributed by atoms with Gasteiger partial charge in [0.1, 0.15) is 17.4 Å². The maximum absolute atomic E-state index is 14.7. The zero-order chi connectivity index (χ0) is 24.6. The molecule has 1 aliphatic rings. The highest BCUT2D eigenvalue weighted by Gasteiger charge is 2.21. The molecule has 2 N–H and O–H groups in total. The number of hydrogen-bond donors (Lipinski definition) is 2. The van der Waals surface area contributed by atoms with Crippen molar-refractivity contribution < 1.29 is 23.0 Å². The highest BCUT2D eigenvalue weighted by atomic mass is 19.1. The molecule has 35 heavy (non-hydrogen) atoms. The minimum absolute atomic E-state index is 0.0184.